The molecule has 1 heterocycles. The fourth-order valence-electron chi connectivity index (χ4n) is 5.90. The van der Waals surface area contributed by atoms with E-state index in [1.54, 1.807) is 24.3 Å². The van der Waals surface area contributed by atoms with E-state index >= 15 is 0 Å². The van der Waals surface area contributed by atoms with Gasteiger partial charge in [0, 0.05) is 11.3 Å². The predicted octanol–water partition coefficient (Wildman–Crippen LogP) is 3.80. The Bertz CT molecular complexity index is 1080. The largest absolute Gasteiger partial charge is 0.322 e. The molecule has 6 atom stereocenters. The molecule has 5 aliphatic rings. The van der Waals surface area contributed by atoms with Crippen molar-refractivity contribution in [1.29, 1.82) is 0 Å². The number of carbonyl (C=O) groups excluding carboxylic acids is 3. The quantitative estimate of drug-likeness (QED) is 0.632. The highest BCUT2D eigenvalue weighted by Gasteiger charge is 2.67. The van der Waals surface area contributed by atoms with Crippen molar-refractivity contribution < 1.29 is 14.4 Å². The maximum absolute atomic E-state index is 13.2. The molecule has 5 nitrogen and oxygen atoms in total. The molecule has 0 unspecified atom stereocenters. The van der Waals surface area contributed by atoms with E-state index in [-0.39, 0.29) is 41.4 Å². The Morgan fingerprint density at radius 1 is 0.933 bits per heavy atom. The van der Waals surface area contributed by atoms with Gasteiger partial charge in [-0.2, -0.15) is 0 Å². The van der Waals surface area contributed by atoms with Crippen molar-refractivity contribution in [3.63, 3.8) is 0 Å². The van der Waals surface area contributed by atoms with Crippen molar-refractivity contribution >= 4 is 29.1 Å². The van der Waals surface area contributed by atoms with Gasteiger partial charge in [-0.3, -0.25) is 19.3 Å². The van der Waals surface area contributed by atoms with Gasteiger partial charge in [0.2, 0.25) is 11.8 Å². The van der Waals surface area contributed by atoms with E-state index in [9.17, 15) is 14.4 Å². The van der Waals surface area contributed by atoms with E-state index in [0.29, 0.717) is 23.1 Å². The van der Waals surface area contributed by atoms with Gasteiger partial charge in [-0.05, 0) is 79.0 Å². The van der Waals surface area contributed by atoms with Crippen LogP contribution in [0.25, 0.3) is 0 Å². The Morgan fingerprint density at radius 3 is 2.17 bits per heavy atom. The van der Waals surface area contributed by atoms with Gasteiger partial charge in [0.05, 0.1) is 17.5 Å². The molecule has 5 heteroatoms. The summed E-state index contributed by atoms with van der Waals surface area (Å²) in [6.07, 6.45) is 5.50. The van der Waals surface area contributed by atoms with Gasteiger partial charge in [-0.15, -0.1) is 0 Å². The Morgan fingerprint density at radius 2 is 1.57 bits per heavy atom. The Balaban J connectivity index is 1.23. The number of amides is 3. The molecule has 0 aromatic heterocycles. The van der Waals surface area contributed by atoms with Crippen LogP contribution in [0.3, 0.4) is 0 Å². The molecule has 3 fully saturated rings. The molecule has 1 N–H and O–H groups in total. The van der Waals surface area contributed by atoms with Gasteiger partial charge < -0.3 is 5.32 Å². The maximum atomic E-state index is 13.2. The second-order valence-corrected chi connectivity index (χ2v) is 9.04. The highest BCUT2D eigenvalue weighted by Crippen LogP contribution is 2.65. The number of rotatable bonds is 3. The topological polar surface area (TPSA) is 66.5 Å². The number of anilines is 2. The van der Waals surface area contributed by atoms with E-state index in [1.165, 1.54) is 4.90 Å². The third kappa shape index (κ3) is 2.44. The smallest absolute Gasteiger partial charge is 0.255 e. The van der Waals surface area contributed by atoms with Gasteiger partial charge in [0.25, 0.3) is 5.91 Å². The third-order valence-electron chi connectivity index (χ3n) is 7.33. The highest BCUT2D eigenvalue weighted by molar-refractivity contribution is 6.22. The predicted molar refractivity (Wildman–Crippen MR) is 113 cm³/mol. The van der Waals surface area contributed by atoms with Crippen LogP contribution in [0.2, 0.25) is 0 Å². The molecule has 2 aromatic rings. The van der Waals surface area contributed by atoms with Gasteiger partial charge in [0.1, 0.15) is 0 Å². The first-order chi connectivity index (χ1) is 14.5. The normalized spacial score (nSPS) is 32.8. The zero-order valence-electron chi connectivity index (χ0n) is 16.6. The Kier molecular flexibility index (Phi) is 3.61. The lowest BCUT2D eigenvalue weighted by molar-refractivity contribution is -0.124. The van der Waals surface area contributed by atoms with Crippen LogP contribution in [0.5, 0.6) is 0 Å². The first-order valence-corrected chi connectivity index (χ1v) is 10.6. The summed E-state index contributed by atoms with van der Waals surface area (Å²) in [4.78, 5) is 40.3. The van der Waals surface area contributed by atoms with Crippen molar-refractivity contribution in [2.45, 2.75) is 13.3 Å². The van der Waals surface area contributed by atoms with E-state index in [4.69, 9.17) is 0 Å². The molecule has 2 saturated carbocycles. The first-order valence-electron chi connectivity index (χ1n) is 10.6. The molecule has 3 amide bonds. The number of nitrogens with one attached hydrogen (secondary N) is 1. The number of imide groups is 1. The lowest BCUT2D eigenvalue weighted by Crippen LogP contribution is -2.40. The molecule has 2 bridgehead atoms. The molecule has 150 valence electrons. The minimum atomic E-state index is -0.220. The molecule has 1 aliphatic heterocycles. The first kappa shape index (κ1) is 17.6. The van der Waals surface area contributed by atoms with E-state index in [1.807, 2.05) is 31.2 Å². The lowest BCUT2D eigenvalue weighted by Gasteiger charge is -2.37. The van der Waals surface area contributed by atoms with Crippen LogP contribution in [0.15, 0.2) is 60.7 Å². The Labute approximate surface area is 174 Å². The van der Waals surface area contributed by atoms with Gasteiger partial charge >= 0.3 is 0 Å². The van der Waals surface area contributed by atoms with Crippen molar-refractivity contribution in [3.8, 4) is 0 Å². The number of allylic oxidation sites excluding steroid dienone is 2. The zero-order valence-corrected chi connectivity index (χ0v) is 16.6. The second-order valence-electron chi connectivity index (χ2n) is 9.04. The summed E-state index contributed by atoms with van der Waals surface area (Å²) in [5.74, 6) is 0.814. The number of benzene rings is 2. The highest BCUT2D eigenvalue weighted by atomic mass is 16.2. The molecule has 4 aliphatic carbocycles. The fourth-order valence-corrected chi connectivity index (χ4v) is 5.90. The molecule has 7 rings (SSSR count). The minimum absolute atomic E-state index is 0.0772. The number of hydrogen-bond donors (Lipinski definition) is 1. The molecular formula is C25H22N2O3. The van der Waals surface area contributed by atoms with Gasteiger partial charge in [-0.1, -0.05) is 24.3 Å². The van der Waals surface area contributed by atoms with Crippen molar-refractivity contribution in [2.75, 3.05) is 10.2 Å². The average Bonchev–Trinajstić information content (AvgIpc) is 3.52. The summed E-state index contributed by atoms with van der Waals surface area (Å²) in [6, 6.07) is 14.4. The maximum Gasteiger partial charge on any atom is 0.255 e. The number of aryl methyl sites for hydroxylation is 1. The molecule has 0 radical (unpaired) electrons. The standard InChI is InChI=1S/C25H22N2O3/c1-13-3-2-4-15(11-13)26-23(28)14-5-7-16(8-6-14)27-24(29)21-17-9-10-18(20-12-19(17)20)22(21)25(27)30/h2-11,17-22H,12H2,1H3,(H,26,28)/t17-,18+,19-,20-,21+,22-/m1/s1. The number of carbonyl (C=O) groups is 3. The SMILES string of the molecule is Cc1cccc(NC(=O)c2ccc(N3C(=O)[C@@H]4[C@H]5C=C[C@H]([C@H]6C[C@H]56)[C@@H]4C3=O)cc2)c1. The average molecular weight is 398 g/mol. The van der Waals surface area contributed by atoms with Crippen molar-refractivity contribution in [3.05, 3.63) is 71.8 Å². The molecule has 2 aromatic carbocycles. The summed E-state index contributed by atoms with van der Waals surface area (Å²) in [6.45, 7) is 1.97. The summed E-state index contributed by atoms with van der Waals surface area (Å²) in [7, 11) is 0. The van der Waals surface area contributed by atoms with Crippen molar-refractivity contribution in [2.24, 2.45) is 35.5 Å². The molecule has 1 saturated heterocycles. The Hall–Kier alpha value is -3.21. The summed E-state index contributed by atoms with van der Waals surface area (Å²) in [5, 5.41) is 2.88. The van der Waals surface area contributed by atoms with Crippen LogP contribution in [0.1, 0.15) is 22.3 Å². The lowest BCUT2D eigenvalue weighted by atomic mass is 9.63. The van der Waals surface area contributed by atoms with Crippen LogP contribution in [0.4, 0.5) is 11.4 Å². The van der Waals surface area contributed by atoms with Crippen LogP contribution in [0, 0.1) is 42.4 Å². The molecule has 0 spiro atoms. The monoisotopic (exact) mass is 398 g/mol. The summed E-state index contributed by atoms with van der Waals surface area (Å²) >= 11 is 0. The minimum Gasteiger partial charge on any atom is -0.322 e. The summed E-state index contributed by atoms with van der Waals surface area (Å²) < 4.78 is 0. The molecular weight excluding hydrogens is 376 g/mol. The van der Waals surface area contributed by atoms with E-state index in [0.717, 1.165) is 17.7 Å². The van der Waals surface area contributed by atoms with E-state index < -0.39 is 0 Å². The fraction of sp³-hybridized carbons (Fsp3) is 0.320. The van der Waals surface area contributed by atoms with Crippen LogP contribution in [-0.2, 0) is 9.59 Å². The number of hydrogen-bond acceptors (Lipinski definition) is 3. The van der Waals surface area contributed by atoms with Gasteiger partial charge in [-0.25, -0.2) is 0 Å². The van der Waals surface area contributed by atoms with Crippen LogP contribution < -0.4 is 10.2 Å². The van der Waals surface area contributed by atoms with Gasteiger partial charge in [0.15, 0.2) is 0 Å². The van der Waals surface area contributed by atoms with Crippen LogP contribution in [-0.4, -0.2) is 17.7 Å². The van der Waals surface area contributed by atoms with Crippen LogP contribution >= 0.6 is 0 Å². The summed E-state index contributed by atoms with van der Waals surface area (Å²) in [5.41, 5.74) is 2.84. The zero-order chi connectivity index (χ0) is 20.6. The van der Waals surface area contributed by atoms with E-state index in [2.05, 4.69) is 17.5 Å². The second kappa shape index (κ2) is 6.14. The third-order valence-corrected chi connectivity index (χ3v) is 7.33. The van der Waals surface area contributed by atoms with Crippen molar-refractivity contribution in [1.82, 2.24) is 0 Å². The molecule has 30 heavy (non-hydrogen) atoms. The number of nitrogens with zero attached hydrogens (tertiary/aromatic N) is 1.